The molecule has 3 aromatic rings. The standard InChI is InChI=1S/C24H23N5O5/c25-20-17(13-6-8-15(9-7-13)34-14-4-2-1-3-5-14)21(28-12-27-20)29-16-10-24(18(16)22(30)31)11-26-19(24)23(32)33/h1-9,12,16,18-19,26H,10-11H2,(H,30,31)(H,32,33)(H3,25,27,28,29). The van der Waals surface area contributed by atoms with E-state index in [2.05, 4.69) is 20.6 Å². The molecule has 10 nitrogen and oxygen atoms in total. The molecule has 10 heteroatoms. The fourth-order valence-electron chi connectivity index (χ4n) is 5.01. The van der Waals surface area contributed by atoms with Gasteiger partial charge in [0, 0.05) is 18.0 Å². The van der Waals surface area contributed by atoms with E-state index in [9.17, 15) is 19.8 Å². The molecule has 0 amide bonds. The number of hydrogen-bond donors (Lipinski definition) is 5. The van der Waals surface area contributed by atoms with Crippen molar-refractivity contribution in [1.82, 2.24) is 15.3 Å². The van der Waals surface area contributed by atoms with Gasteiger partial charge in [0.25, 0.3) is 0 Å². The van der Waals surface area contributed by atoms with E-state index < -0.39 is 35.4 Å². The van der Waals surface area contributed by atoms with Crippen molar-refractivity contribution >= 4 is 23.6 Å². The Hall–Kier alpha value is -4.18. The molecule has 6 N–H and O–H groups in total. The molecule has 5 rings (SSSR count). The predicted octanol–water partition coefficient (Wildman–Crippen LogP) is 2.45. The Morgan fingerprint density at radius 2 is 1.74 bits per heavy atom. The number of aromatic nitrogens is 2. The molecule has 0 radical (unpaired) electrons. The van der Waals surface area contributed by atoms with Crippen molar-refractivity contribution in [3.8, 4) is 22.6 Å². The predicted molar refractivity (Wildman–Crippen MR) is 123 cm³/mol. The molecule has 4 unspecified atom stereocenters. The van der Waals surface area contributed by atoms with Gasteiger partial charge >= 0.3 is 11.9 Å². The van der Waals surface area contributed by atoms with Crippen molar-refractivity contribution in [2.45, 2.75) is 18.5 Å². The summed E-state index contributed by atoms with van der Waals surface area (Å²) in [6, 6.07) is 15.3. The van der Waals surface area contributed by atoms with Crippen molar-refractivity contribution in [2.24, 2.45) is 11.3 Å². The molecule has 2 aromatic carbocycles. The average molecular weight is 461 g/mol. The Balaban J connectivity index is 1.38. The number of ether oxygens (including phenoxy) is 1. The van der Waals surface area contributed by atoms with E-state index in [-0.39, 0.29) is 5.82 Å². The maximum atomic E-state index is 12.0. The number of nitrogens with two attached hydrogens (primary N) is 1. The number of nitrogens with zero attached hydrogens (tertiary/aromatic N) is 2. The zero-order valence-electron chi connectivity index (χ0n) is 18.0. The minimum absolute atomic E-state index is 0.240. The molecule has 2 aliphatic rings. The number of nitrogens with one attached hydrogen (secondary N) is 2. The molecule has 0 bridgehead atoms. The second-order valence-corrected chi connectivity index (χ2v) is 8.58. The zero-order valence-corrected chi connectivity index (χ0v) is 18.0. The van der Waals surface area contributed by atoms with E-state index in [1.54, 1.807) is 12.1 Å². The lowest BCUT2D eigenvalue weighted by Gasteiger charge is -2.61. The van der Waals surface area contributed by atoms with Crippen LogP contribution >= 0.6 is 0 Å². The Kier molecular flexibility index (Phi) is 5.29. The van der Waals surface area contributed by atoms with Crippen molar-refractivity contribution < 1.29 is 24.5 Å². The summed E-state index contributed by atoms with van der Waals surface area (Å²) in [5.74, 6) is -0.963. The second-order valence-electron chi connectivity index (χ2n) is 8.58. The van der Waals surface area contributed by atoms with Crippen molar-refractivity contribution in [3.63, 3.8) is 0 Å². The highest BCUT2D eigenvalue weighted by Gasteiger charge is 2.67. The molecule has 2 heterocycles. The lowest BCUT2D eigenvalue weighted by molar-refractivity contribution is -0.176. The van der Waals surface area contributed by atoms with Crippen LogP contribution in [-0.4, -0.2) is 50.7 Å². The minimum atomic E-state index is -1.04. The summed E-state index contributed by atoms with van der Waals surface area (Å²) >= 11 is 0. The third-order valence-corrected chi connectivity index (χ3v) is 6.67. The third-order valence-electron chi connectivity index (χ3n) is 6.67. The van der Waals surface area contributed by atoms with Crippen LogP contribution in [0.3, 0.4) is 0 Å². The van der Waals surface area contributed by atoms with Crippen LogP contribution in [-0.2, 0) is 9.59 Å². The second kappa shape index (κ2) is 8.31. The number of hydrogen-bond acceptors (Lipinski definition) is 8. The van der Waals surface area contributed by atoms with Gasteiger partial charge in [-0.1, -0.05) is 30.3 Å². The van der Waals surface area contributed by atoms with Crippen LogP contribution in [0, 0.1) is 11.3 Å². The van der Waals surface area contributed by atoms with Crippen molar-refractivity contribution in [2.75, 3.05) is 17.6 Å². The number of anilines is 2. The molecule has 1 spiro atoms. The largest absolute Gasteiger partial charge is 0.481 e. The average Bonchev–Trinajstić information content (AvgIpc) is 2.76. The maximum absolute atomic E-state index is 12.0. The molecule has 1 aliphatic heterocycles. The number of carboxylic acid groups (broad SMARTS) is 2. The first-order valence-electron chi connectivity index (χ1n) is 10.8. The van der Waals surface area contributed by atoms with Crippen LogP contribution < -0.4 is 21.1 Å². The highest BCUT2D eigenvalue weighted by atomic mass is 16.5. The van der Waals surface area contributed by atoms with E-state index in [1.807, 2.05) is 42.5 Å². The van der Waals surface area contributed by atoms with Crippen molar-refractivity contribution in [1.29, 1.82) is 0 Å². The summed E-state index contributed by atoms with van der Waals surface area (Å²) in [7, 11) is 0. The SMILES string of the molecule is Nc1ncnc(NC2CC3(CNC3C(=O)O)C2C(=O)O)c1-c1ccc(Oc2ccccc2)cc1. The van der Waals surface area contributed by atoms with Gasteiger partial charge in [-0.15, -0.1) is 0 Å². The van der Waals surface area contributed by atoms with Gasteiger partial charge in [-0.3, -0.25) is 9.59 Å². The lowest BCUT2D eigenvalue weighted by atomic mass is 9.49. The van der Waals surface area contributed by atoms with Gasteiger partial charge in [-0.05, 0) is 36.2 Å². The summed E-state index contributed by atoms with van der Waals surface area (Å²) in [5, 5.41) is 25.3. The van der Waals surface area contributed by atoms with Gasteiger partial charge in [0.1, 0.15) is 35.5 Å². The molecule has 1 aliphatic carbocycles. The van der Waals surface area contributed by atoms with Gasteiger partial charge in [0.2, 0.25) is 0 Å². The first-order valence-corrected chi connectivity index (χ1v) is 10.8. The normalized spacial score (nSPS) is 25.1. The van der Waals surface area contributed by atoms with Crippen LogP contribution in [0.25, 0.3) is 11.1 Å². The molecule has 1 saturated heterocycles. The third kappa shape index (κ3) is 3.57. The monoisotopic (exact) mass is 461 g/mol. The van der Waals surface area contributed by atoms with Crippen molar-refractivity contribution in [3.05, 3.63) is 60.9 Å². The topological polar surface area (TPSA) is 160 Å². The summed E-state index contributed by atoms with van der Waals surface area (Å²) < 4.78 is 5.83. The highest BCUT2D eigenvalue weighted by molar-refractivity contribution is 5.86. The fraction of sp³-hybridized carbons (Fsp3) is 0.250. The highest BCUT2D eigenvalue weighted by Crippen LogP contribution is 2.54. The minimum Gasteiger partial charge on any atom is -0.481 e. The number of para-hydroxylation sites is 1. The first-order chi connectivity index (χ1) is 16.4. The van der Waals surface area contributed by atoms with Crippen LogP contribution in [0.15, 0.2) is 60.9 Å². The molecule has 34 heavy (non-hydrogen) atoms. The summed E-state index contributed by atoms with van der Waals surface area (Å²) in [6.07, 6.45) is 1.70. The summed E-state index contributed by atoms with van der Waals surface area (Å²) in [6.45, 7) is 0.348. The number of benzene rings is 2. The molecular weight excluding hydrogens is 438 g/mol. The van der Waals surface area contributed by atoms with Gasteiger partial charge in [-0.2, -0.15) is 0 Å². The van der Waals surface area contributed by atoms with E-state index in [4.69, 9.17) is 10.5 Å². The van der Waals surface area contributed by atoms with E-state index >= 15 is 0 Å². The van der Waals surface area contributed by atoms with Crippen LogP contribution in [0.1, 0.15) is 6.42 Å². The number of aliphatic carboxylic acids is 2. The fourth-order valence-corrected chi connectivity index (χ4v) is 5.01. The Morgan fingerprint density at radius 3 is 2.35 bits per heavy atom. The lowest BCUT2D eigenvalue weighted by Crippen LogP contribution is -2.78. The quantitative estimate of drug-likeness (QED) is 0.354. The molecule has 1 aromatic heterocycles. The number of carbonyl (C=O) groups is 2. The van der Waals surface area contributed by atoms with Gasteiger partial charge in [0.05, 0.1) is 11.5 Å². The van der Waals surface area contributed by atoms with Gasteiger partial charge in [0.15, 0.2) is 0 Å². The number of nitrogen functional groups attached to an aromatic ring is 1. The molecule has 1 saturated carbocycles. The van der Waals surface area contributed by atoms with Crippen LogP contribution in [0.4, 0.5) is 11.6 Å². The molecule has 174 valence electrons. The maximum Gasteiger partial charge on any atom is 0.321 e. The Morgan fingerprint density at radius 1 is 1.03 bits per heavy atom. The molecule has 2 fully saturated rings. The first kappa shape index (κ1) is 21.7. The van der Waals surface area contributed by atoms with E-state index in [0.29, 0.717) is 35.8 Å². The number of rotatable bonds is 7. The molecule has 4 atom stereocenters. The van der Waals surface area contributed by atoms with Gasteiger partial charge in [-0.25, -0.2) is 9.97 Å². The number of carboxylic acids is 2. The smallest absolute Gasteiger partial charge is 0.321 e. The Labute approximate surface area is 194 Å². The van der Waals surface area contributed by atoms with E-state index in [1.165, 1.54) is 6.33 Å². The Bertz CT molecular complexity index is 1240. The summed E-state index contributed by atoms with van der Waals surface area (Å²) in [5.41, 5.74) is 6.63. The van der Waals surface area contributed by atoms with Crippen LogP contribution in [0.5, 0.6) is 11.5 Å². The zero-order chi connectivity index (χ0) is 23.9. The van der Waals surface area contributed by atoms with Gasteiger partial charge < -0.3 is 31.3 Å². The van der Waals surface area contributed by atoms with Crippen LogP contribution in [0.2, 0.25) is 0 Å². The summed E-state index contributed by atoms with van der Waals surface area (Å²) in [4.78, 5) is 32.0. The molecular formula is C24H23N5O5. The van der Waals surface area contributed by atoms with E-state index in [0.717, 1.165) is 5.56 Å².